The van der Waals surface area contributed by atoms with Crippen LogP contribution in [0.3, 0.4) is 0 Å². The summed E-state index contributed by atoms with van der Waals surface area (Å²) in [6.45, 7) is 1.84. The summed E-state index contributed by atoms with van der Waals surface area (Å²) in [7, 11) is 0. The van der Waals surface area contributed by atoms with Crippen LogP contribution >= 0.6 is 0 Å². The molecule has 12 heavy (non-hydrogen) atoms. The monoisotopic (exact) mass is 161 g/mol. The van der Waals surface area contributed by atoms with Gasteiger partial charge in [0.15, 0.2) is 0 Å². The normalized spacial score (nSPS) is 18.2. The number of rotatable bonds is 1. The number of allylic oxidation sites excluding steroid dienone is 2. The second-order valence-corrected chi connectivity index (χ2v) is 2.82. The molecule has 1 aliphatic heterocycles. The van der Waals surface area contributed by atoms with Crippen LogP contribution in [0.2, 0.25) is 0 Å². The van der Waals surface area contributed by atoms with Crippen LogP contribution in [0.25, 0.3) is 0 Å². The van der Waals surface area contributed by atoms with E-state index in [4.69, 9.17) is 10.5 Å². The Morgan fingerprint density at radius 3 is 2.33 bits per heavy atom. The first-order valence-electron chi connectivity index (χ1n) is 4.13. The van der Waals surface area contributed by atoms with Gasteiger partial charge in [-0.2, -0.15) is 10.5 Å². The van der Waals surface area contributed by atoms with Crippen molar-refractivity contribution in [2.24, 2.45) is 0 Å². The number of nitriles is 2. The Bertz CT molecular complexity index is 248. The number of piperidine rings is 1. The quantitative estimate of drug-likeness (QED) is 0.546. The highest BCUT2D eigenvalue weighted by Gasteiger charge is 2.12. The molecule has 0 spiro atoms. The van der Waals surface area contributed by atoms with Crippen LogP contribution in [0.15, 0.2) is 11.8 Å². The Morgan fingerprint density at radius 2 is 1.83 bits per heavy atom. The molecular formula is C9H11N3. The lowest BCUT2D eigenvalue weighted by molar-refractivity contribution is 0.295. The summed E-state index contributed by atoms with van der Waals surface area (Å²) < 4.78 is 0. The molecule has 3 nitrogen and oxygen atoms in total. The molecule has 0 bridgehead atoms. The van der Waals surface area contributed by atoms with E-state index in [1.807, 2.05) is 17.0 Å². The van der Waals surface area contributed by atoms with Gasteiger partial charge in [0.2, 0.25) is 0 Å². The zero-order valence-electron chi connectivity index (χ0n) is 6.95. The summed E-state index contributed by atoms with van der Waals surface area (Å²) in [5.41, 5.74) is 0.511. The second kappa shape index (κ2) is 4.41. The number of hydrogen-bond donors (Lipinski definition) is 0. The molecule has 1 heterocycles. The summed E-state index contributed by atoms with van der Waals surface area (Å²) in [5.74, 6) is 0. The third kappa shape index (κ3) is 2.00. The van der Waals surface area contributed by atoms with Gasteiger partial charge in [-0.25, -0.2) is 0 Å². The Balaban J connectivity index is 2.61. The second-order valence-electron chi connectivity index (χ2n) is 2.82. The highest BCUT2D eigenvalue weighted by molar-refractivity contribution is 5.25. The van der Waals surface area contributed by atoms with Gasteiger partial charge in [-0.05, 0) is 19.3 Å². The van der Waals surface area contributed by atoms with Gasteiger partial charge in [-0.1, -0.05) is 0 Å². The van der Waals surface area contributed by atoms with Crippen LogP contribution in [0.5, 0.6) is 0 Å². The summed E-state index contributed by atoms with van der Waals surface area (Å²) in [4.78, 5) is 1.98. The molecule has 1 aliphatic rings. The van der Waals surface area contributed by atoms with E-state index in [1.165, 1.54) is 12.5 Å². The highest BCUT2D eigenvalue weighted by Crippen LogP contribution is 2.13. The van der Waals surface area contributed by atoms with Gasteiger partial charge in [0.25, 0.3) is 0 Å². The molecule has 0 aromatic heterocycles. The number of likely N-dealkylation sites (tertiary alicyclic amines) is 1. The Hall–Kier alpha value is -1.48. The molecule has 1 fully saturated rings. The van der Waals surface area contributed by atoms with E-state index >= 15 is 0 Å². The van der Waals surface area contributed by atoms with E-state index in [0.717, 1.165) is 25.9 Å². The first kappa shape index (κ1) is 8.62. The SMILES string of the molecule is N#C/C=C(\C#N)N1CCCCC1. The molecule has 0 saturated carbocycles. The zero-order chi connectivity index (χ0) is 8.81. The van der Waals surface area contributed by atoms with E-state index in [2.05, 4.69) is 0 Å². The fourth-order valence-electron chi connectivity index (χ4n) is 1.39. The maximum absolute atomic E-state index is 8.70. The lowest BCUT2D eigenvalue weighted by Gasteiger charge is -2.26. The Morgan fingerprint density at radius 1 is 1.17 bits per heavy atom. The molecule has 0 radical (unpaired) electrons. The fourth-order valence-corrected chi connectivity index (χ4v) is 1.39. The minimum absolute atomic E-state index is 0.511. The van der Waals surface area contributed by atoms with Crippen molar-refractivity contribution in [1.29, 1.82) is 10.5 Å². The maximum atomic E-state index is 8.70. The third-order valence-corrected chi connectivity index (χ3v) is 2.01. The smallest absolute Gasteiger partial charge is 0.126 e. The molecule has 3 heteroatoms. The lowest BCUT2D eigenvalue weighted by atomic mass is 10.1. The Labute approximate surface area is 72.5 Å². The van der Waals surface area contributed by atoms with Gasteiger partial charge in [0, 0.05) is 13.1 Å². The van der Waals surface area contributed by atoms with Crippen molar-refractivity contribution in [2.75, 3.05) is 13.1 Å². The molecule has 62 valence electrons. The van der Waals surface area contributed by atoms with E-state index in [1.54, 1.807) is 0 Å². The minimum Gasteiger partial charge on any atom is -0.362 e. The van der Waals surface area contributed by atoms with Gasteiger partial charge in [-0.15, -0.1) is 0 Å². The van der Waals surface area contributed by atoms with Crippen molar-refractivity contribution in [3.05, 3.63) is 11.8 Å². The van der Waals surface area contributed by atoms with Crippen LogP contribution in [-0.4, -0.2) is 18.0 Å². The van der Waals surface area contributed by atoms with Crippen LogP contribution in [0, 0.1) is 22.7 Å². The van der Waals surface area contributed by atoms with Crippen molar-refractivity contribution in [3.8, 4) is 12.1 Å². The first-order valence-corrected chi connectivity index (χ1v) is 4.13. The van der Waals surface area contributed by atoms with Crippen LogP contribution in [-0.2, 0) is 0 Å². The molecule has 0 unspecified atom stereocenters. The van der Waals surface area contributed by atoms with E-state index in [9.17, 15) is 0 Å². The van der Waals surface area contributed by atoms with Crippen LogP contribution < -0.4 is 0 Å². The lowest BCUT2D eigenvalue weighted by Crippen LogP contribution is -2.28. The van der Waals surface area contributed by atoms with E-state index in [-0.39, 0.29) is 0 Å². The largest absolute Gasteiger partial charge is 0.362 e. The predicted octanol–water partition coefficient (Wildman–Crippen LogP) is 1.40. The molecule has 0 aromatic rings. The van der Waals surface area contributed by atoms with Gasteiger partial charge in [-0.3, -0.25) is 0 Å². The average molecular weight is 161 g/mol. The number of nitrogens with zero attached hydrogens (tertiary/aromatic N) is 3. The molecule has 0 N–H and O–H groups in total. The van der Waals surface area contributed by atoms with Gasteiger partial charge in [0.1, 0.15) is 11.8 Å². The van der Waals surface area contributed by atoms with E-state index in [0.29, 0.717) is 5.70 Å². The zero-order valence-corrected chi connectivity index (χ0v) is 6.95. The molecule has 0 aromatic carbocycles. The highest BCUT2D eigenvalue weighted by atomic mass is 15.1. The molecule has 0 atom stereocenters. The molecule has 0 aliphatic carbocycles. The van der Waals surface area contributed by atoms with Crippen molar-refractivity contribution >= 4 is 0 Å². The van der Waals surface area contributed by atoms with Crippen LogP contribution in [0.4, 0.5) is 0 Å². The Kier molecular flexibility index (Phi) is 3.17. The fraction of sp³-hybridized carbons (Fsp3) is 0.556. The van der Waals surface area contributed by atoms with Crippen molar-refractivity contribution < 1.29 is 0 Å². The van der Waals surface area contributed by atoms with Crippen molar-refractivity contribution in [2.45, 2.75) is 19.3 Å². The van der Waals surface area contributed by atoms with Crippen molar-refractivity contribution in [3.63, 3.8) is 0 Å². The third-order valence-electron chi connectivity index (χ3n) is 2.01. The summed E-state index contributed by atoms with van der Waals surface area (Å²) in [5, 5.41) is 17.1. The predicted molar refractivity (Wildman–Crippen MR) is 44.7 cm³/mol. The molecule has 1 rings (SSSR count). The minimum atomic E-state index is 0.511. The molecule has 0 amide bonds. The topological polar surface area (TPSA) is 50.8 Å². The molecular weight excluding hydrogens is 150 g/mol. The van der Waals surface area contributed by atoms with Crippen molar-refractivity contribution in [1.82, 2.24) is 4.90 Å². The van der Waals surface area contributed by atoms with Crippen LogP contribution in [0.1, 0.15) is 19.3 Å². The number of hydrogen-bond acceptors (Lipinski definition) is 3. The maximum Gasteiger partial charge on any atom is 0.126 e. The van der Waals surface area contributed by atoms with Gasteiger partial charge < -0.3 is 4.90 Å². The molecule has 1 saturated heterocycles. The van der Waals surface area contributed by atoms with E-state index < -0.39 is 0 Å². The summed E-state index contributed by atoms with van der Waals surface area (Å²) in [6.07, 6.45) is 4.82. The first-order chi connectivity index (χ1) is 5.88. The standard InChI is InChI=1S/C9H11N3/c10-5-4-9(8-11)12-6-2-1-3-7-12/h4H,1-3,6-7H2/b9-4+. The summed E-state index contributed by atoms with van der Waals surface area (Å²) in [6, 6.07) is 3.93. The average Bonchev–Trinajstić information content (AvgIpc) is 2.15. The summed E-state index contributed by atoms with van der Waals surface area (Å²) >= 11 is 0. The van der Waals surface area contributed by atoms with Gasteiger partial charge in [0.05, 0.1) is 12.1 Å². The van der Waals surface area contributed by atoms with Gasteiger partial charge >= 0.3 is 0 Å².